The Morgan fingerprint density at radius 3 is 2.88 bits per heavy atom. The summed E-state index contributed by atoms with van der Waals surface area (Å²) in [5.74, 6) is 1.23. The third-order valence-corrected chi connectivity index (χ3v) is 4.06. The van der Waals surface area contributed by atoms with Crippen molar-refractivity contribution in [3.05, 3.63) is 29.3 Å². The van der Waals surface area contributed by atoms with E-state index in [1.165, 1.54) is 55.4 Å². The Morgan fingerprint density at radius 2 is 2.12 bits per heavy atom. The SMILES string of the molecule is CCCCCc1cccc2c1OCC21CC1. The Balaban J connectivity index is 1.82. The second-order valence-electron chi connectivity index (χ2n) is 5.32. The molecule has 0 radical (unpaired) electrons. The number of unbranched alkanes of at least 4 members (excludes halogenated alkanes) is 2. The average Bonchev–Trinajstić information content (AvgIpc) is 2.98. The summed E-state index contributed by atoms with van der Waals surface area (Å²) in [6, 6.07) is 6.74. The predicted octanol–water partition coefficient (Wildman–Crippen LogP) is 3.84. The molecule has 1 aliphatic heterocycles. The predicted molar refractivity (Wildman–Crippen MR) is 66.1 cm³/mol. The molecular formula is C15H20O. The molecule has 0 atom stereocenters. The van der Waals surface area contributed by atoms with E-state index in [9.17, 15) is 0 Å². The standard InChI is InChI=1S/C15H20O/c1-2-3-4-6-12-7-5-8-13-14(12)16-11-15(13)9-10-15/h5,7-8H,2-4,6,9-11H2,1H3. The van der Waals surface area contributed by atoms with Crippen LogP contribution in [0.25, 0.3) is 0 Å². The highest BCUT2D eigenvalue weighted by Crippen LogP contribution is 2.56. The molecule has 1 saturated carbocycles. The van der Waals surface area contributed by atoms with Gasteiger partial charge in [-0.2, -0.15) is 0 Å². The van der Waals surface area contributed by atoms with E-state index in [1.807, 2.05) is 0 Å². The molecule has 1 aromatic carbocycles. The molecule has 1 spiro atoms. The Morgan fingerprint density at radius 1 is 1.25 bits per heavy atom. The Kier molecular flexibility index (Phi) is 2.42. The molecule has 1 aromatic rings. The van der Waals surface area contributed by atoms with Crippen LogP contribution in [0, 0.1) is 0 Å². The zero-order valence-electron chi connectivity index (χ0n) is 10.1. The Hall–Kier alpha value is -0.980. The molecule has 1 nitrogen and oxygen atoms in total. The topological polar surface area (TPSA) is 9.23 Å². The monoisotopic (exact) mass is 216 g/mol. The van der Waals surface area contributed by atoms with Crippen LogP contribution in [0.1, 0.15) is 50.2 Å². The van der Waals surface area contributed by atoms with Gasteiger partial charge in [-0.15, -0.1) is 0 Å². The summed E-state index contributed by atoms with van der Waals surface area (Å²) >= 11 is 0. The number of aryl methyl sites for hydroxylation is 1. The van der Waals surface area contributed by atoms with Crippen molar-refractivity contribution < 1.29 is 4.74 Å². The largest absolute Gasteiger partial charge is 0.492 e. The first-order valence-electron chi connectivity index (χ1n) is 6.61. The molecule has 1 heterocycles. The normalized spacial score (nSPS) is 19.6. The highest BCUT2D eigenvalue weighted by Gasteiger charge is 2.50. The first kappa shape index (κ1) is 10.2. The highest BCUT2D eigenvalue weighted by molar-refractivity contribution is 5.51. The van der Waals surface area contributed by atoms with E-state index in [4.69, 9.17) is 4.74 Å². The van der Waals surface area contributed by atoms with Crippen LogP contribution in [0.3, 0.4) is 0 Å². The number of fused-ring (bicyclic) bond motifs is 2. The molecule has 16 heavy (non-hydrogen) atoms. The molecule has 86 valence electrons. The smallest absolute Gasteiger partial charge is 0.126 e. The molecule has 1 heteroatoms. The molecule has 3 rings (SSSR count). The minimum atomic E-state index is 0.441. The fourth-order valence-corrected chi connectivity index (χ4v) is 2.79. The lowest BCUT2D eigenvalue weighted by Crippen LogP contribution is -2.06. The number of hydrogen-bond donors (Lipinski definition) is 0. The summed E-state index contributed by atoms with van der Waals surface area (Å²) in [6.07, 6.45) is 7.77. The van der Waals surface area contributed by atoms with E-state index in [2.05, 4.69) is 25.1 Å². The number of benzene rings is 1. The minimum Gasteiger partial charge on any atom is -0.492 e. The second kappa shape index (κ2) is 3.80. The quantitative estimate of drug-likeness (QED) is 0.695. The lowest BCUT2D eigenvalue weighted by atomic mass is 9.95. The van der Waals surface area contributed by atoms with Gasteiger partial charge in [0.1, 0.15) is 5.75 Å². The van der Waals surface area contributed by atoms with Gasteiger partial charge in [0, 0.05) is 11.0 Å². The zero-order chi connectivity index (χ0) is 11.0. The maximum Gasteiger partial charge on any atom is 0.126 e. The minimum absolute atomic E-state index is 0.441. The van der Waals surface area contributed by atoms with Crippen LogP contribution in [0.4, 0.5) is 0 Å². The van der Waals surface area contributed by atoms with E-state index >= 15 is 0 Å². The third kappa shape index (κ3) is 1.53. The molecule has 0 aromatic heterocycles. The molecule has 1 fully saturated rings. The molecule has 0 amide bonds. The Bertz CT molecular complexity index is 390. The van der Waals surface area contributed by atoms with Gasteiger partial charge in [0.05, 0.1) is 6.61 Å². The van der Waals surface area contributed by atoms with Crippen molar-refractivity contribution in [2.75, 3.05) is 6.61 Å². The fraction of sp³-hybridized carbons (Fsp3) is 0.600. The summed E-state index contributed by atoms with van der Waals surface area (Å²) in [7, 11) is 0. The van der Waals surface area contributed by atoms with Crippen molar-refractivity contribution in [3.63, 3.8) is 0 Å². The summed E-state index contributed by atoms with van der Waals surface area (Å²) in [5.41, 5.74) is 3.38. The van der Waals surface area contributed by atoms with Crippen LogP contribution < -0.4 is 4.74 Å². The van der Waals surface area contributed by atoms with Gasteiger partial charge in [-0.1, -0.05) is 38.0 Å². The van der Waals surface area contributed by atoms with Crippen molar-refractivity contribution in [2.45, 2.75) is 50.9 Å². The molecule has 1 aliphatic carbocycles. The van der Waals surface area contributed by atoms with Crippen LogP contribution in [0.5, 0.6) is 5.75 Å². The number of rotatable bonds is 4. The van der Waals surface area contributed by atoms with Crippen molar-refractivity contribution in [1.29, 1.82) is 0 Å². The van der Waals surface area contributed by atoms with Crippen LogP contribution in [-0.2, 0) is 11.8 Å². The van der Waals surface area contributed by atoms with Crippen molar-refractivity contribution in [1.82, 2.24) is 0 Å². The van der Waals surface area contributed by atoms with Gasteiger partial charge in [0.15, 0.2) is 0 Å². The maximum absolute atomic E-state index is 5.94. The van der Waals surface area contributed by atoms with Crippen LogP contribution in [-0.4, -0.2) is 6.61 Å². The van der Waals surface area contributed by atoms with Gasteiger partial charge < -0.3 is 4.74 Å². The molecule has 0 saturated heterocycles. The van der Waals surface area contributed by atoms with Crippen LogP contribution in [0.2, 0.25) is 0 Å². The van der Waals surface area contributed by atoms with Gasteiger partial charge in [-0.3, -0.25) is 0 Å². The first-order chi connectivity index (χ1) is 7.86. The first-order valence-corrected chi connectivity index (χ1v) is 6.61. The summed E-state index contributed by atoms with van der Waals surface area (Å²) in [4.78, 5) is 0. The highest BCUT2D eigenvalue weighted by atomic mass is 16.5. The summed E-state index contributed by atoms with van der Waals surface area (Å²) in [5, 5.41) is 0. The maximum atomic E-state index is 5.94. The van der Waals surface area contributed by atoms with Crippen molar-refractivity contribution in [3.8, 4) is 5.75 Å². The molecule has 0 unspecified atom stereocenters. The average molecular weight is 216 g/mol. The van der Waals surface area contributed by atoms with Crippen LogP contribution in [0.15, 0.2) is 18.2 Å². The number of para-hydroxylation sites is 1. The summed E-state index contributed by atoms with van der Waals surface area (Å²) < 4.78 is 5.94. The molecule has 0 bridgehead atoms. The van der Waals surface area contributed by atoms with E-state index in [1.54, 1.807) is 0 Å². The van der Waals surface area contributed by atoms with Gasteiger partial charge in [-0.05, 0) is 31.2 Å². The molecular weight excluding hydrogens is 196 g/mol. The molecule has 2 aliphatic rings. The van der Waals surface area contributed by atoms with E-state index < -0.39 is 0 Å². The fourth-order valence-electron chi connectivity index (χ4n) is 2.79. The Labute approximate surface area is 97.8 Å². The summed E-state index contributed by atoms with van der Waals surface area (Å²) in [6.45, 7) is 3.19. The lowest BCUT2D eigenvalue weighted by Gasteiger charge is -2.08. The van der Waals surface area contributed by atoms with Crippen LogP contribution >= 0.6 is 0 Å². The zero-order valence-corrected chi connectivity index (χ0v) is 10.1. The van der Waals surface area contributed by atoms with Crippen molar-refractivity contribution >= 4 is 0 Å². The lowest BCUT2D eigenvalue weighted by molar-refractivity contribution is 0.321. The van der Waals surface area contributed by atoms with Gasteiger partial charge in [-0.25, -0.2) is 0 Å². The van der Waals surface area contributed by atoms with E-state index in [-0.39, 0.29) is 0 Å². The van der Waals surface area contributed by atoms with Gasteiger partial charge in [0.25, 0.3) is 0 Å². The third-order valence-electron chi connectivity index (χ3n) is 4.06. The number of ether oxygens (including phenoxy) is 1. The van der Waals surface area contributed by atoms with Gasteiger partial charge in [0.2, 0.25) is 0 Å². The van der Waals surface area contributed by atoms with E-state index in [0.29, 0.717) is 5.41 Å². The van der Waals surface area contributed by atoms with Gasteiger partial charge >= 0.3 is 0 Å². The second-order valence-corrected chi connectivity index (χ2v) is 5.32. The van der Waals surface area contributed by atoms with Crippen molar-refractivity contribution in [2.24, 2.45) is 0 Å². The van der Waals surface area contributed by atoms with E-state index in [0.717, 1.165) is 6.61 Å². The molecule has 0 N–H and O–H groups in total. The number of hydrogen-bond acceptors (Lipinski definition) is 1.